The van der Waals surface area contributed by atoms with E-state index in [2.05, 4.69) is 19.4 Å². The molecule has 148 valence electrons. The molecule has 0 atom stereocenters. The van der Waals surface area contributed by atoms with E-state index in [4.69, 9.17) is 0 Å². The van der Waals surface area contributed by atoms with E-state index in [1.807, 2.05) is 0 Å². The van der Waals surface area contributed by atoms with Gasteiger partial charge in [0.1, 0.15) is 0 Å². The Morgan fingerprint density at radius 1 is 1.26 bits per heavy atom. The summed E-state index contributed by atoms with van der Waals surface area (Å²) >= 11 is 0. The maximum atomic E-state index is 12.5. The highest BCUT2D eigenvalue weighted by Gasteiger charge is 2.38. The predicted molar refractivity (Wildman–Crippen MR) is 86.6 cm³/mol. The third-order valence-electron chi connectivity index (χ3n) is 3.55. The van der Waals surface area contributed by atoms with E-state index in [9.17, 15) is 26.4 Å². The number of carbonyl (C=O) groups is 1. The normalized spacial score (nSPS) is 12.4. The molecule has 1 aromatic heterocycles. The average Bonchev–Trinajstić information content (AvgIpc) is 3.10. The minimum absolute atomic E-state index is 0.0177. The summed E-state index contributed by atoms with van der Waals surface area (Å²) in [5.74, 6) is -2.70. The monoisotopic (exact) mass is 407 g/mol. The van der Waals surface area contributed by atoms with Crippen LogP contribution in [0.25, 0.3) is 11.4 Å². The van der Waals surface area contributed by atoms with Crippen LogP contribution in [0.15, 0.2) is 28.8 Å². The predicted octanol–water partition coefficient (Wildman–Crippen LogP) is 2.08. The lowest BCUT2D eigenvalue weighted by Crippen LogP contribution is -2.29. The van der Waals surface area contributed by atoms with Crippen molar-refractivity contribution in [3.8, 4) is 11.4 Å². The van der Waals surface area contributed by atoms with Crippen LogP contribution in [0.4, 0.5) is 13.2 Å². The summed E-state index contributed by atoms with van der Waals surface area (Å²) in [4.78, 5) is 14.4. The number of methoxy groups -OCH3 is 1. The molecule has 0 fully saturated rings. The zero-order valence-electron chi connectivity index (χ0n) is 14.4. The maximum absolute atomic E-state index is 12.5. The van der Waals surface area contributed by atoms with Crippen LogP contribution in [0.5, 0.6) is 0 Å². The molecule has 0 aliphatic rings. The van der Waals surface area contributed by atoms with Crippen molar-refractivity contribution in [2.24, 2.45) is 0 Å². The van der Waals surface area contributed by atoms with Gasteiger partial charge in [0.15, 0.2) is 0 Å². The quantitative estimate of drug-likeness (QED) is 0.648. The Morgan fingerprint density at radius 3 is 2.41 bits per heavy atom. The fraction of sp³-hybridized carbons (Fsp3) is 0.400. The third kappa shape index (κ3) is 5.50. The number of halogens is 3. The molecule has 12 heteroatoms. The van der Waals surface area contributed by atoms with Crippen molar-refractivity contribution in [2.45, 2.75) is 19.1 Å². The first-order valence-corrected chi connectivity index (χ1v) is 9.15. The summed E-state index contributed by atoms with van der Waals surface area (Å²) in [5.41, 5.74) is 0.872. The van der Waals surface area contributed by atoms with Gasteiger partial charge in [-0.3, -0.25) is 4.79 Å². The van der Waals surface area contributed by atoms with Crippen molar-refractivity contribution >= 4 is 16.0 Å². The largest absolute Gasteiger partial charge is 0.471 e. The van der Waals surface area contributed by atoms with Crippen LogP contribution >= 0.6 is 0 Å². The Kier molecular flexibility index (Phi) is 6.21. The minimum Gasteiger partial charge on any atom is -0.469 e. The second-order valence-electron chi connectivity index (χ2n) is 5.52. The van der Waals surface area contributed by atoms with Crippen LogP contribution in [0.1, 0.15) is 17.9 Å². The highest BCUT2D eigenvalue weighted by Crippen LogP contribution is 2.29. The minimum atomic E-state index is -4.73. The topological polar surface area (TPSA) is 103 Å². The first kappa shape index (κ1) is 20.8. The Hall–Kier alpha value is -2.47. The molecule has 0 unspecified atom stereocenters. The number of esters is 1. The standard InChI is InChI=1S/C15H16F3N3O5S/c1-21(27(23,24)8-7-12(22)25-2)9-10-3-5-11(6-4-10)13-19-14(26-20-13)15(16,17)18/h3-6H,7-9H2,1-2H3. The Labute approximate surface area is 153 Å². The Morgan fingerprint density at radius 2 is 1.89 bits per heavy atom. The zero-order chi connectivity index (χ0) is 20.2. The number of benzene rings is 1. The highest BCUT2D eigenvalue weighted by atomic mass is 32.2. The van der Waals surface area contributed by atoms with E-state index in [0.717, 1.165) is 4.31 Å². The summed E-state index contributed by atoms with van der Waals surface area (Å²) in [7, 11) is -1.15. The van der Waals surface area contributed by atoms with Crippen molar-refractivity contribution in [1.82, 2.24) is 14.4 Å². The van der Waals surface area contributed by atoms with E-state index in [1.54, 1.807) is 0 Å². The van der Waals surface area contributed by atoms with Crippen molar-refractivity contribution in [2.75, 3.05) is 19.9 Å². The van der Waals surface area contributed by atoms with Gasteiger partial charge in [-0.15, -0.1) is 0 Å². The molecule has 1 heterocycles. The molecule has 0 radical (unpaired) electrons. The average molecular weight is 407 g/mol. The van der Waals surface area contributed by atoms with E-state index in [-0.39, 0.29) is 24.4 Å². The molecule has 2 aromatic rings. The Balaban J connectivity index is 2.05. The molecule has 0 amide bonds. The van der Waals surface area contributed by atoms with Crippen LogP contribution in [-0.2, 0) is 32.3 Å². The smallest absolute Gasteiger partial charge is 0.469 e. The third-order valence-corrected chi connectivity index (χ3v) is 5.35. The Bertz CT molecular complexity index is 894. The molecule has 2 rings (SSSR count). The first-order valence-electron chi connectivity index (χ1n) is 7.54. The SMILES string of the molecule is COC(=O)CCS(=O)(=O)N(C)Cc1ccc(-c2noc(C(F)(F)F)n2)cc1. The van der Waals surface area contributed by atoms with Crippen molar-refractivity contribution in [1.29, 1.82) is 0 Å². The molecule has 0 aliphatic carbocycles. The number of rotatable bonds is 7. The molecule has 0 spiro atoms. The van der Waals surface area contributed by atoms with Gasteiger partial charge in [-0.05, 0) is 5.56 Å². The summed E-state index contributed by atoms with van der Waals surface area (Å²) in [5, 5.41) is 3.28. The summed E-state index contributed by atoms with van der Waals surface area (Å²) in [6.07, 6.45) is -4.99. The fourth-order valence-corrected chi connectivity index (χ4v) is 3.12. The van der Waals surface area contributed by atoms with Gasteiger partial charge >= 0.3 is 18.0 Å². The molecule has 0 aliphatic heterocycles. The van der Waals surface area contributed by atoms with Gasteiger partial charge in [-0.2, -0.15) is 18.2 Å². The fourth-order valence-electron chi connectivity index (χ4n) is 2.04. The molecular weight excluding hydrogens is 391 g/mol. The second kappa shape index (κ2) is 8.05. The lowest BCUT2D eigenvalue weighted by atomic mass is 10.1. The number of carbonyl (C=O) groups excluding carboxylic acids is 1. The first-order chi connectivity index (χ1) is 12.5. The van der Waals surface area contributed by atoms with E-state index >= 15 is 0 Å². The van der Waals surface area contributed by atoms with E-state index in [0.29, 0.717) is 5.56 Å². The molecule has 1 aromatic carbocycles. The number of aromatic nitrogens is 2. The molecular formula is C15H16F3N3O5S. The van der Waals surface area contributed by atoms with Crippen LogP contribution in [0.3, 0.4) is 0 Å². The van der Waals surface area contributed by atoms with E-state index < -0.39 is 33.8 Å². The van der Waals surface area contributed by atoms with Gasteiger partial charge in [0.25, 0.3) is 0 Å². The van der Waals surface area contributed by atoms with Gasteiger partial charge in [0.2, 0.25) is 15.8 Å². The van der Waals surface area contributed by atoms with Crippen molar-refractivity contribution in [3.05, 3.63) is 35.7 Å². The second-order valence-corrected chi connectivity index (χ2v) is 7.71. The van der Waals surface area contributed by atoms with Crippen LogP contribution in [-0.4, -0.2) is 48.7 Å². The van der Waals surface area contributed by atoms with E-state index in [1.165, 1.54) is 38.4 Å². The molecule has 27 heavy (non-hydrogen) atoms. The van der Waals surface area contributed by atoms with Gasteiger partial charge < -0.3 is 9.26 Å². The lowest BCUT2D eigenvalue weighted by Gasteiger charge is -2.17. The highest BCUT2D eigenvalue weighted by molar-refractivity contribution is 7.89. The zero-order valence-corrected chi connectivity index (χ0v) is 15.2. The van der Waals surface area contributed by atoms with Crippen LogP contribution in [0.2, 0.25) is 0 Å². The van der Waals surface area contributed by atoms with Crippen molar-refractivity contribution in [3.63, 3.8) is 0 Å². The molecule has 0 saturated carbocycles. The lowest BCUT2D eigenvalue weighted by molar-refractivity contribution is -0.159. The number of hydrogen-bond acceptors (Lipinski definition) is 7. The molecule has 8 nitrogen and oxygen atoms in total. The summed E-state index contributed by atoms with van der Waals surface area (Å²) < 4.78 is 71.3. The number of hydrogen-bond donors (Lipinski definition) is 0. The number of alkyl halides is 3. The van der Waals surface area contributed by atoms with Crippen molar-refractivity contribution < 1.29 is 35.6 Å². The van der Waals surface area contributed by atoms with Crippen LogP contribution in [0, 0.1) is 0 Å². The number of sulfonamides is 1. The molecule has 0 saturated heterocycles. The van der Waals surface area contributed by atoms with Gasteiger partial charge in [0, 0.05) is 19.2 Å². The summed E-state index contributed by atoms with van der Waals surface area (Å²) in [6, 6.07) is 5.97. The molecule has 0 bridgehead atoms. The van der Waals surface area contributed by atoms with Crippen LogP contribution < -0.4 is 0 Å². The summed E-state index contributed by atoms with van der Waals surface area (Å²) in [6.45, 7) is 0.0177. The maximum Gasteiger partial charge on any atom is 0.471 e. The number of ether oxygens (including phenoxy) is 1. The van der Waals surface area contributed by atoms with Gasteiger partial charge in [-0.25, -0.2) is 12.7 Å². The number of nitrogens with zero attached hydrogens (tertiary/aromatic N) is 3. The molecule has 0 N–H and O–H groups in total. The van der Waals surface area contributed by atoms with Gasteiger partial charge in [0.05, 0.1) is 19.3 Å². The van der Waals surface area contributed by atoms with Gasteiger partial charge in [-0.1, -0.05) is 29.4 Å².